The molecule has 3 rings (SSSR count). The number of hydrogen-bond acceptors (Lipinski definition) is 3. The third kappa shape index (κ3) is 2.99. The number of rotatable bonds is 3. The van der Waals surface area contributed by atoms with Gasteiger partial charge in [-0.15, -0.1) is 0 Å². The van der Waals surface area contributed by atoms with Crippen LogP contribution in [0.15, 0.2) is 0 Å². The Morgan fingerprint density at radius 2 is 1.65 bits per heavy atom. The van der Waals surface area contributed by atoms with Gasteiger partial charge in [-0.05, 0) is 38.5 Å². The Balaban J connectivity index is 1.52. The molecule has 2 saturated carbocycles. The molecule has 1 amide bonds. The van der Waals surface area contributed by atoms with Crippen molar-refractivity contribution in [3.8, 4) is 0 Å². The van der Waals surface area contributed by atoms with Gasteiger partial charge in [0.1, 0.15) is 6.10 Å². The molecule has 0 aromatic rings. The molecule has 20 heavy (non-hydrogen) atoms. The number of likely N-dealkylation sites (tertiary alicyclic amines) is 1. The van der Waals surface area contributed by atoms with E-state index in [1.807, 2.05) is 4.90 Å². The van der Waals surface area contributed by atoms with E-state index in [2.05, 4.69) is 0 Å². The van der Waals surface area contributed by atoms with Crippen LogP contribution >= 0.6 is 0 Å². The quantitative estimate of drug-likeness (QED) is 0.746. The predicted octanol–water partition coefficient (Wildman–Crippen LogP) is 2.65. The summed E-state index contributed by atoms with van der Waals surface area (Å²) in [6.07, 6.45) is 10.7. The van der Waals surface area contributed by atoms with Crippen molar-refractivity contribution >= 4 is 11.9 Å². The third-order valence-electron chi connectivity index (χ3n) is 5.09. The lowest BCUT2D eigenvalue weighted by Crippen LogP contribution is -2.35. The van der Waals surface area contributed by atoms with Gasteiger partial charge in [0, 0.05) is 19.0 Å². The van der Waals surface area contributed by atoms with Gasteiger partial charge in [-0.1, -0.05) is 19.3 Å². The molecule has 0 radical (unpaired) electrons. The number of carbonyl (C=O) groups is 2. The topological polar surface area (TPSA) is 46.6 Å². The molecule has 1 aliphatic heterocycles. The molecule has 1 atom stereocenters. The van der Waals surface area contributed by atoms with Crippen molar-refractivity contribution in [2.75, 3.05) is 6.54 Å². The Kier molecular flexibility index (Phi) is 4.27. The first-order valence-corrected chi connectivity index (χ1v) is 8.24. The van der Waals surface area contributed by atoms with Gasteiger partial charge in [-0.3, -0.25) is 9.59 Å². The van der Waals surface area contributed by atoms with Crippen molar-refractivity contribution in [1.82, 2.24) is 4.90 Å². The summed E-state index contributed by atoms with van der Waals surface area (Å²) in [6.45, 7) is 0.592. The maximum Gasteiger partial charge on any atom is 0.311 e. The molecule has 1 saturated heterocycles. The van der Waals surface area contributed by atoms with E-state index in [4.69, 9.17) is 4.74 Å². The summed E-state index contributed by atoms with van der Waals surface area (Å²) in [5.41, 5.74) is 0. The molecule has 0 bridgehead atoms. The number of hydrogen-bond donors (Lipinski definition) is 0. The highest BCUT2D eigenvalue weighted by Crippen LogP contribution is 2.30. The molecule has 3 fully saturated rings. The smallest absolute Gasteiger partial charge is 0.311 e. The molecule has 2 aliphatic carbocycles. The minimum Gasteiger partial charge on any atom is -0.462 e. The van der Waals surface area contributed by atoms with Crippen LogP contribution in [0.3, 0.4) is 0 Å². The van der Waals surface area contributed by atoms with Crippen LogP contribution < -0.4 is 0 Å². The maximum atomic E-state index is 12.2. The van der Waals surface area contributed by atoms with E-state index in [0.29, 0.717) is 19.0 Å². The van der Waals surface area contributed by atoms with E-state index in [1.165, 1.54) is 19.3 Å². The lowest BCUT2D eigenvalue weighted by Gasteiger charge is -2.25. The zero-order valence-corrected chi connectivity index (χ0v) is 12.2. The minimum absolute atomic E-state index is 0.104. The first kappa shape index (κ1) is 13.9. The summed E-state index contributed by atoms with van der Waals surface area (Å²) >= 11 is 0. The molecular weight excluding hydrogens is 254 g/mol. The van der Waals surface area contributed by atoms with Crippen molar-refractivity contribution in [2.24, 2.45) is 5.92 Å². The Morgan fingerprint density at radius 1 is 1.00 bits per heavy atom. The van der Waals surface area contributed by atoms with Crippen LogP contribution in [0.2, 0.25) is 0 Å². The van der Waals surface area contributed by atoms with Gasteiger partial charge in [0.05, 0.1) is 5.92 Å². The van der Waals surface area contributed by atoms with E-state index >= 15 is 0 Å². The first-order chi connectivity index (χ1) is 9.74. The van der Waals surface area contributed by atoms with Crippen LogP contribution in [0.4, 0.5) is 0 Å². The summed E-state index contributed by atoms with van der Waals surface area (Å²) in [5, 5.41) is 0. The van der Waals surface area contributed by atoms with E-state index in [1.54, 1.807) is 0 Å². The number of ether oxygens (including phenoxy) is 1. The van der Waals surface area contributed by atoms with E-state index in [9.17, 15) is 9.59 Å². The maximum absolute atomic E-state index is 12.2. The predicted molar refractivity (Wildman–Crippen MR) is 75.0 cm³/mol. The zero-order chi connectivity index (χ0) is 13.9. The lowest BCUT2D eigenvalue weighted by atomic mass is 9.97. The minimum atomic E-state index is -0.218. The molecule has 1 heterocycles. The average Bonchev–Trinajstić information content (AvgIpc) is 3.08. The number of nitrogens with zero attached hydrogens (tertiary/aromatic N) is 1. The number of carbonyl (C=O) groups excluding carboxylic acids is 2. The highest BCUT2D eigenvalue weighted by Gasteiger charge is 2.40. The fourth-order valence-corrected chi connectivity index (χ4v) is 3.90. The van der Waals surface area contributed by atoms with E-state index in [-0.39, 0.29) is 23.9 Å². The van der Waals surface area contributed by atoms with E-state index < -0.39 is 0 Å². The lowest BCUT2D eigenvalue weighted by molar-refractivity contribution is -0.155. The van der Waals surface area contributed by atoms with Gasteiger partial charge in [-0.2, -0.15) is 0 Å². The highest BCUT2D eigenvalue weighted by molar-refractivity contribution is 5.87. The molecule has 0 N–H and O–H groups in total. The van der Waals surface area contributed by atoms with Crippen LogP contribution in [-0.4, -0.2) is 35.5 Å². The van der Waals surface area contributed by atoms with Gasteiger partial charge in [0.25, 0.3) is 0 Å². The molecule has 0 spiro atoms. The molecule has 0 unspecified atom stereocenters. The van der Waals surface area contributed by atoms with Crippen LogP contribution in [0.5, 0.6) is 0 Å². The van der Waals surface area contributed by atoms with Gasteiger partial charge in [0.15, 0.2) is 0 Å². The highest BCUT2D eigenvalue weighted by atomic mass is 16.5. The van der Waals surface area contributed by atoms with Gasteiger partial charge < -0.3 is 9.64 Å². The zero-order valence-electron chi connectivity index (χ0n) is 12.2. The van der Waals surface area contributed by atoms with Crippen molar-refractivity contribution in [3.63, 3.8) is 0 Å². The fraction of sp³-hybridized carbons (Fsp3) is 0.875. The van der Waals surface area contributed by atoms with Crippen molar-refractivity contribution in [1.29, 1.82) is 0 Å². The number of amides is 1. The van der Waals surface area contributed by atoms with Crippen LogP contribution in [-0.2, 0) is 14.3 Å². The SMILES string of the molecule is O=C(OC1CCCCC1)[C@H]1CC(=O)N(C2CCCC2)C1. The molecule has 3 aliphatic rings. The van der Waals surface area contributed by atoms with E-state index in [0.717, 1.165) is 38.5 Å². The molecule has 0 aromatic heterocycles. The molecule has 112 valence electrons. The monoisotopic (exact) mass is 279 g/mol. The number of esters is 1. The normalized spacial score (nSPS) is 29.1. The molecule has 4 nitrogen and oxygen atoms in total. The van der Waals surface area contributed by atoms with Crippen molar-refractivity contribution in [2.45, 2.75) is 76.4 Å². The Labute approximate surface area is 120 Å². The largest absolute Gasteiger partial charge is 0.462 e. The van der Waals surface area contributed by atoms with Gasteiger partial charge in [-0.25, -0.2) is 0 Å². The third-order valence-corrected chi connectivity index (χ3v) is 5.09. The molecular formula is C16H25NO3. The van der Waals surface area contributed by atoms with Crippen molar-refractivity contribution < 1.29 is 14.3 Å². The first-order valence-electron chi connectivity index (χ1n) is 8.24. The van der Waals surface area contributed by atoms with Gasteiger partial charge >= 0.3 is 5.97 Å². The summed E-state index contributed by atoms with van der Waals surface area (Å²) < 4.78 is 5.62. The Hall–Kier alpha value is -1.06. The standard InChI is InChI=1S/C16H25NO3/c18-15-10-12(11-17(15)13-6-4-5-7-13)16(19)20-14-8-2-1-3-9-14/h12-14H,1-11H2/t12-/m0/s1. The van der Waals surface area contributed by atoms with Gasteiger partial charge in [0.2, 0.25) is 5.91 Å². The second kappa shape index (κ2) is 6.15. The summed E-state index contributed by atoms with van der Waals surface area (Å²) in [7, 11) is 0. The van der Waals surface area contributed by atoms with Crippen molar-refractivity contribution in [3.05, 3.63) is 0 Å². The molecule has 4 heteroatoms. The van der Waals surface area contributed by atoms with Crippen LogP contribution in [0.1, 0.15) is 64.2 Å². The Morgan fingerprint density at radius 3 is 2.35 bits per heavy atom. The summed E-state index contributed by atoms with van der Waals surface area (Å²) in [5.74, 6) is -0.196. The second-order valence-electron chi connectivity index (χ2n) is 6.58. The summed E-state index contributed by atoms with van der Waals surface area (Å²) in [6, 6.07) is 0.384. The molecule has 0 aromatic carbocycles. The fourth-order valence-electron chi connectivity index (χ4n) is 3.90. The van der Waals surface area contributed by atoms with Crippen LogP contribution in [0, 0.1) is 5.92 Å². The second-order valence-corrected chi connectivity index (χ2v) is 6.58. The summed E-state index contributed by atoms with van der Waals surface area (Å²) in [4.78, 5) is 26.2. The van der Waals surface area contributed by atoms with Crippen LogP contribution in [0.25, 0.3) is 0 Å². The average molecular weight is 279 g/mol. The Bertz CT molecular complexity index is 370.